The monoisotopic (exact) mass is 394 g/mol. The molecule has 1 aliphatic rings. The molecule has 4 rings (SSSR count). The molecule has 1 fully saturated rings. The lowest BCUT2D eigenvalue weighted by Crippen LogP contribution is -2.44. The number of hydrogen-bond acceptors (Lipinski definition) is 5. The normalized spacial score (nSPS) is 15.2. The van der Waals surface area contributed by atoms with Crippen molar-refractivity contribution in [2.45, 2.75) is 6.42 Å². The molecule has 0 atom stereocenters. The van der Waals surface area contributed by atoms with E-state index in [1.807, 2.05) is 6.07 Å². The van der Waals surface area contributed by atoms with Gasteiger partial charge in [-0.3, -0.25) is 4.57 Å². The second kappa shape index (κ2) is 8.23. The van der Waals surface area contributed by atoms with Crippen LogP contribution < -0.4 is 4.90 Å². The highest BCUT2D eigenvalue weighted by molar-refractivity contribution is 5.93. The summed E-state index contributed by atoms with van der Waals surface area (Å²) >= 11 is 0. The molecule has 0 spiro atoms. The third kappa shape index (κ3) is 3.97. The van der Waals surface area contributed by atoms with E-state index in [9.17, 15) is 9.90 Å². The van der Waals surface area contributed by atoms with E-state index in [0.717, 1.165) is 43.2 Å². The van der Waals surface area contributed by atoms with Gasteiger partial charge in [0, 0.05) is 51.1 Å². The molecule has 7 nitrogen and oxygen atoms in total. The number of imidazole rings is 1. The Balaban J connectivity index is 1.77. The number of ether oxygens (including phenoxy) is 1. The topological polar surface area (TPSA) is 70.8 Å². The molecule has 1 aromatic heterocycles. The highest BCUT2D eigenvalue weighted by atomic mass is 16.5. The molecule has 1 N–H and O–H groups in total. The van der Waals surface area contributed by atoms with E-state index in [4.69, 9.17) is 9.72 Å². The third-order valence-corrected chi connectivity index (χ3v) is 5.46. The van der Waals surface area contributed by atoms with Crippen molar-refractivity contribution >= 4 is 22.7 Å². The number of carboxylic acid groups (broad SMARTS) is 1. The van der Waals surface area contributed by atoms with Gasteiger partial charge in [0.25, 0.3) is 0 Å². The van der Waals surface area contributed by atoms with Crippen LogP contribution >= 0.6 is 0 Å². The molecule has 2 heterocycles. The summed E-state index contributed by atoms with van der Waals surface area (Å²) in [6.07, 6.45) is 0.645. The summed E-state index contributed by atoms with van der Waals surface area (Å²) in [5.41, 5.74) is 4.04. The van der Waals surface area contributed by atoms with Crippen molar-refractivity contribution in [3.05, 3.63) is 53.9 Å². The van der Waals surface area contributed by atoms with E-state index < -0.39 is 5.97 Å². The minimum Gasteiger partial charge on any atom is -0.478 e. The van der Waals surface area contributed by atoms with Gasteiger partial charge in [-0.2, -0.15) is 0 Å². The maximum atomic E-state index is 11.4. The van der Waals surface area contributed by atoms with Gasteiger partial charge in [0.15, 0.2) is 0 Å². The number of methoxy groups -OCH3 is 1. The van der Waals surface area contributed by atoms with Crippen LogP contribution in [-0.2, 0) is 11.2 Å². The molecule has 0 unspecified atom stereocenters. The van der Waals surface area contributed by atoms with E-state index in [1.54, 1.807) is 19.2 Å². The average Bonchev–Trinajstić information content (AvgIpc) is 3.10. The van der Waals surface area contributed by atoms with Crippen molar-refractivity contribution in [3.8, 4) is 5.69 Å². The fraction of sp³-hybridized carbons (Fsp3) is 0.364. The van der Waals surface area contributed by atoms with Crippen molar-refractivity contribution in [3.63, 3.8) is 0 Å². The van der Waals surface area contributed by atoms with Gasteiger partial charge in [-0.25, -0.2) is 9.78 Å². The van der Waals surface area contributed by atoms with Crippen LogP contribution in [0.3, 0.4) is 0 Å². The SMILES string of the molecule is COCCc1nc2cc(C(=O)O)ccc2n1-c1cccc(N2CCN(C)CC2)c1. The largest absolute Gasteiger partial charge is 0.478 e. The molecule has 7 heteroatoms. The molecule has 1 saturated heterocycles. The summed E-state index contributed by atoms with van der Waals surface area (Å²) < 4.78 is 7.37. The van der Waals surface area contributed by atoms with Crippen LogP contribution in [0.5, 0.6) is 0 Å². The number of hydrogen-bond donors (Lipinski definition) is 1. The van der Waals surface area contributed by atoms with Gasteiger partial charge in [0.1, 0.15) is 5.82 Å². The van der Waals surface area contributed by atoms with Crippen molar-refractivity contribution < 1.29 is 14.6 Å². The zero-order valence-electron chi connectivity index (χ0n) is 16.8. The van der Waals surface area contributed by atoms with Crippen molar-refractivity contribution in [2.75, 3.05) is 51.8 Å². The Bertz CT molecular complexity index is 1020. The Labute approximate surface area is 170 Å². The molecule has 0 radical (unpaired) electrons. The fourth-order valence-corrected chi connectivity index (χ4v) is 3.81. The van der Waals surface area contributed by atoms with Crippen molar-refractivity contribution in [1.29, 1.82) is 0 Å². The molecule has 0 saturated carbocycles. The number of fused-ring (bicyclic) bond motifs is 1. The standard InChI is InChI=1S/C22H26N4O3/c1-24-9-11-25(12-10-24)17-4-3-5-18(15-17)26-20-7-6-16(22(27)28)14-19(20)23-21(26)8-13-29-2/h3-7,14-15H,8-13H2,1-2H3,(H,27,28). The maximum absolute atomic E-state index is 11.4. The lowest BCUT2D eigenvalue weighted by molar-refractivity contribution is 0.0697. The van der Waals surface area contributed by atoms with Gasteiger partial charge < -0.3 is 19.6 Å². The molecule has 0 bridgehead atoms. The van der Waals surface area contributed by atoms with E-state index in [-0.39, 0.29) is 5.56 Å². The molecule has 0 amide bonds. The van der Waals surface area contributed by atoms with Crippen molar-refractivity contribution in [1.82, 2.24) is 14.5 Å². The van der Waals surface area contributed by atoms with Crippen LogP contribution in [0.4, 0.5) is 5.69 Å². The van der Waals surface area contributed by atoms with Gasteiger partial charge in [-0.15, -0.1) is 0 Å². The van der Waals surface area contributed by atoms with Gasteiger partial charge in [0.2, 0.25) is 0 Å². The number of aromatic carboxylic acids is 1. The van der Waals surface area contributed by atoms with Crippen LogP contribution in [0.1, 0.15) is 16.2 Å². The summed E-state index contributed by atoms with van der Waals surface area (Å²) in [6, 6.07) is 13.6. The number of likely N-dealkylation sites (N-methyl/N-ethyl adjacent to an activating group) is 1. The highest BCUT2D eigenvalue weighted by Gasteiger charge is 2.17. The van der Waals surface area contributed by atoms with Gasteiger partial charge in [0.05, 0.1) is 23.2 Å². The third-order valence-electron chi connectivity index (χ3n) is 5.46. The van der Waals surface area contributed by atoms with E-state index in [2.05, 4.69) is 45.7 Å². The number of piperazine rings is 1. The Morgan fingerprint density at radius 2 is 1.86 bits per heavy atom. The molecule has 1 aliphatic heterocycles. The van der Waals surface area contributed by atoms with Crippen LogP contribution in [0.25, 0.3) is 16.7 Å². The highest BCUT2D eigenvalue weighted by Crippen LogP contribution is 2.26. The minimum absolute atomic E-state index is 0.242. The Morgan fingerprint density at radius 3 is 2.59 bits per heavy atom. The van der Waals surface area contributed by atoms with Gasteiger partial charge in [-0.05, 0) is 43.4 Å². The van der Waals surface area contributed by atoms with Crippen LogP contribution in [0.15, 0.2) is 42.5 Å². The van der Waals surface area contributed by atoms with E-state index in [0.29, 0.717) is 18.5 Å². The Kier molecular flexibility index (Phi) is 5.51. The molecular weight excluding hydrogens is 368 g/mol. The Hall–Kier alpha value is -2.90. The summed E-state index contributed by atoms with van der Waals surface area (Å²) in [4.78, 5) is 20.8. The summed E-state index contributed by atoms with van der Waals surface area (Å²) in [5, 5.41) is 9.31. The zero-order chi connectivity index (χ0) is 20.4. The number of benzene rings is 2. The number of carbonyl (C=O) groups is 1. The minimum atomic E-state index is -0.947. The number of aromatic nitrogens is 2. The smallest absolute Gasteiger partial charge is 0.335 e. The van der Waals surface area contributed by atoms with E-state index >= 15 is 0 Å². The molecule has 152 valence electrons. The second-order valence-electron chi connectivity index (χ2n) is 7.43. The first-order valence-electron chi connectivity index (χ1n) is 9.84. The quantitative estimate of drug-likeness (QED) is 0.693. The molecular formula is C22H26N4O3. The Morgan fingerprint density at radius 1 is 1.10 bits per heavy atom. The fourth-order valence-electron chi connectivity index (χ4n) is 3.81. The number of anilines is 1. The first-order chi connectivity index (χ1) is 14.1. The summed E-state index contributed by atoms with van der Waals surface area (Å²) in [6.45, 7) is 4.66. The first-order valence-corrected chi connectivity index (χ1v) is 9.84. The molecule has 0 aliphatic carbocycles. The van der Waals surface area contributed by atoms with Crippen LogP contribution in [-0.4, -0.2) is 72.5 Å². The molecule has 29 heavy (non-hydrogen) atoms. The van der Waals surface area contributed by atoms with Gasteiger partial charge in [-0.1, -0.05) is 6.07 Å². The number of nitrogens with zero attached hydrogens (tertiary/aromatic N) is 4. The van der Waals surface area contributed by atoms with Crippen molar-refractivity contribution in [2.24, 2.45) is 0 Å². The maximum Gasteiger partial charge on any atom is 0.335 e. The predicted molar refractivity (Wildman–Crippen MR) is 113 cm³/mol. The van der Waals surface area contributed by atoms with Gasteiger partial charge >= 0.3 is 5.97 Å². The average molecular weight is 394 g/mol. The molecule has 2 aromatic carbocycles. The predicted octanol–water partition coefficient (Wildman–Crippen LogP) is 2.66. The lowest BCUT2D eigenvalue weighted by Gasteiger charge is -2.34. The van der Waals surface area contributed by atoms with Crippen LogP contribution in [0, 0.1) is 0 Å². The number of rotatable bonds is 6. The zero-order valence-corrected chi connectivity index (χ0v) is 16.8. The molecule has 3 aromatic rings. The first kappa shape index (κ1) is 19.4. The van der Waals surface area contributed by atoms with E-state index in [1.165, 1.54) is 5.69 Å². The lowest BCUT2D eigenvalue weighted by atomic mass is 10.2. The summed E-state index contributed by atoms with van der Waals surface area (Å²) in [7, 11) is 3.82. The summed E-state index contributed by atoms with van der Waals surface area (Å²) in [5.74, 6) is -0.0862. The van der Waals surface area contributed by atoms with Crippen LogP contribution in [0.2, 0.25) is 0 Å². The number of carboxylic acids is 1. The second-order valence-corrected chi connectivity index (χ2v) is 7.43.